The fourth-order valence-electron chi connectivity index (χ4n) is 2.36. The van der Waals surface area contributed by atoms with Crippen molar-refractivity contribution >= 4 is 5.91 Å². The van der Waals surface area contributed by atoms with Crippen LogP contribution in [-0.2, 0) is 9.53 Å². The number of likely N-dealkylation sites (N-methyl/N-ethyl adjacent to an activating group) is 1. The predicted molar refractivity (Wildman–Crippen MR) is 70.2 cm³/mol. The maximum Gasteiger partial charge on any atom is 0.240 e. The van der Waals surface area contributed by atoms with E-state index < -0.39 is 5.54 Å². The van der Waals surface area contributed by atoms with Crippen molar-refractivity contribution in [2.75, 3.05) is 26.8 Å². The van der Waals surface area contributed by atoms with Crippen molar-refractivity contribution in [1.82, 2.24) is 10.2 Å². The standard InChI is InChI=1S/C13H25N3O2/c1-10(16(2)11-3-4-11)9-15-12(17)13(14)5-7-18-8-6-13/h10-11H,3-9,14H2,1-2H3,(H,15,17). The first-order valence-corrected chi connectivity index (χ1v) is 6.90. The van der Waals surface area contributed by atoms with Gasteiger partial charge in [0.15, 0.2) is 0 Å². The molecule has 1 aliphatic carbocycles. The minimum atomic E-state index is -0.726. The summed E-state index contributed by atoms with van der Waals surface area (Å²) in [4.78, 5) is 14.5. The minimum absolute atomic E-state index is 0.0261. The first-order valence-electron chi connectivity index (χ1n) is 6.90. The molecule has 2 fully saturated rings. The number of ether oxygens (including phenoxy) is 1. The molecule has 1 heterocycles. The molecule has 1 aliphatic heterocycles. The van der Waals surface area contributed by atoms with Gasteiger partial charge >= 0.3 is 0 Å². The van der Waals surface area contributed by atoms with E-state index >= 15 is 0 Å². The van der Waals surface area contributed by atoms with E-state index in [9.17, 15) is 4.79 Å². The number of hydrogen-bond donors (Lipinski definition) is 2. The molecule has 1 amide bonds. The summed E-state index contributed by atoms with van der Waals surface area (Å²) in [6, 6.07) is 1.08. The number of carbonyl (C=O) groups excluding carboxylic acids is 1. The zero-order valence-corrected chi connectivity index (χ0v) is 11.4. The second-order valence-corrected chi connectivity index (χ2v) is 5.72. The molecule has 3 N–H and O–H groups in total. The highest BCUT2D eigenvalue weighted by Gasteiger charge is 2.36. The maximum atomic E-state index is 12.1. The van der Waals surface area contributed by atoms with E-state index in [1.54, 1.807) is 0 Å². The van der Waals surface area contributed by atoms with E-state index in [1.165, 1.54) is 12.8 Å². The second-order valence-electron chi connectivity index (χ2n) is 5.72. The molecule has 0 aromatic heterocycles. The van der Waals surface area contributed by atoms with E-state index in [0.29, 0.717) is 44.7 Å². The summed E-state index contributed by atoms with van der Waals surface area (Å²) in [5.74, 6) is -0.0261. The van der Waals surface area contributed by atoms with Gasteiger partial charge in [-0.05, 0) is 39.7 Å². The second kappa shape index (κ2) is 5.55. The van der Waals surface area contributed by atoms with Crippen LogP contribution in [0.4, 0.5) is 0 Å². The fraction of sp³-hybridized carbons (Fsp3) is 0.923. The molecule has 0 spiro atoms. The molecular formula is C13H25N3O2. The Labute approximate surface area is 109 Å². The molecule has 104 valence electrons. The number of hydrogen-bond acceptors (Lipinski definition) is 4. The van der Waals surface area contributed by atoms with Crippen molar-refractivity contribution in [3.8, 4) is 0 Å². The van der Waals surface area contributed by atoms with Crippen LogP contribution < -0.4 is 11.1 Å². The Hall–Kier alpha value is -0.650. The number of amides is 1. The quantitative estimate of drug-likeness (QED) is 0.731. The lowest BCUT2D eigenvalue weighted by Gasteiger charge is -2.33. The smallest absolute Gasteiger partial charge is 0.240 e. The Bertz CT molecular complexity index is 299. The summed E-state index contributed by atoms with van der Waals surface area (Å²) in [6.45, 7) is 3.99. The van der Waals surface area contributed by atoms with Crippen LogP contribution in [0.1, 0.15) is 32.6 Å². The number of nitrogens with one attached hydrogen (secondary N) is 1. The van der Waals surface area contributed by atoms with Gasteiger partial charge in [0.1, 0.15) is 0 Å². The highest BCUT2D eigenvalue weighted by Crippen LogP contribution is 2.26. The molecule has 1 atom stereocenters. The lowest BCUT2D eigenvalue weighted by molar-refractivity contribution is -0.130. The maximum absolute atomic E-state index is 12.1. The molecular weight excluding hydrogens is 230 g/mol. The van der Waals surface area contributed by atoms with Gasteiger partial charge in [0.25, 0.3) is 0 Å². The van der Waals surface area contributed by atoms with Gasteiger partial charge in [0, 0.05) is 31.8 Å². The molecule has 5 heteroatoms. The normalized spacial score (nSPS) is 24.9. The number of nitrogens with two attached hydrogens (primary N) is 1. The molecule has 0 aromatic rings. The van der Waals surface area contributed by atoms with Gasteiger partial charge in [-0.25, -0.2) is 0 Å². The Morgan fingerprint density at radius 2 is 2.11 bits per heavy atom. The summed E-state index contributed by atoms with van der Waals surface area (Å²) >= 11 is 0. The first kappa shape index (κ1) is 13.8. The van der Waals surface area contributed by atoms with Gasteiger partial charge in [0.2, 0.25) is 5.91 Å². The molecule has 2 aliphatic rings. The van der Waals surface area contributed by atoms with Crippen LogP contribution in [0.5, 0.6) is 0 Å². The van der Waals surface area contributed by atoms with Crippen LogP contribution >= 0.6 is 0 Å². The largest absolute Gasteiger partial charge is 0.381 e. The third-order valence-electron chi connectivity index (χ3n) is 4.21. The SMILES string of the molecule is CC(CNC(=O)C1(N)CCOCC1)N(C)C1CC1. The zero-order chi connectivity index (χ0) is 13.2. The van der Waals surface area contributed by atoms with Crippen molar-refractivity contribution in [2.24, 2.45) is 5.73 Å². The topological polar surface area (TPSA) is 67.6 Å². The average Bonchev–Trinajstić information content (AvgIpc) is 3.19. The summed E-state index contributed by atoms with van der Waals surface area (Å²) in [5, 5.41) is 3.00. The van der Waals surface area contributed by atoms with Crippen LogP contribution in [-0.4, -0.2) is 55.2 Å². The zero-order valence-electron chi connectivity index (χ0n) is 11.4. The molecule has 1 unspecified atom stereocenters. The number of nitrogens with zero attached hydrogens (tertiary/aromatic N) is 1. The molecule has 5 nitrogen and oxygen atoms in total. The van der Waals surface area contributed by atoms with Crippen molar-refractivity contribution < 1.29 is 9.53 Å². The average molecular weight is 255 g/mol. The molecule has 1 saturated heterocycles. The van der Waals surface area contributed by atoms with Gasteiger partial charge in [-0.2, -0.15) is 0 Å². The van der Waals surface area contributed by atoms with Crippen LogP contribution in [0.3, 0.4) is 0 Å². The van der Waals surface area contributed by atoms with Crippen molar-refractivity contribution in [3.63, 3.8) is 0 Å². The van der Waals surface area contributed by atoms with Crippen molar-refractivity contribution in [2.45, 2.75) is 50.2 Å². The van der Waals surface area contributed by atoms with E-state index in [1.807, 2.05) is 0 Å². The van der Waals surface area contributed by atoms with Crippen LogP contribution in [0.25, 0.3) is 0 Å². The summed E-state index contributed by atoms with van der Waals surface area (Å²) in [5.41, 5.74) is 5.41. The van der Waals surface area contributed by atoms with Crippen LogP contribution in [0.2, 0.25) is 0 Å². The van der Waals surface area contributed by atoms with E-state index in [-0.39, 0.29) is 5.91 Å². The summed E-state index contributed by atoms with van der Waals surface area (Å²) < 4.78 is 5.25. The third-order valence-corrected chi connectivity index (χ3v) is 4.21. The van der Waals surface area contributed by atoms with Crippen LogP contribution in [0, 0.1) is 0 Å². The molecule has 0 bridgehead atoms. The van der Waals surface area contributed by atoms with Gasteiger partial charge in [0.05, 0.1) is 5.54 Å². The van der Waals surface area contributed by atoms with Crippen molar-refractivity contribution in [1.29, 1.82) is 0 Å². The molecule has 2 rings (SSSR count). The number of carbonyl (C=O) groups is 1. The van der Waals surface area contributed by atoms with Crippen LogP contribution in [0.15, 0.2) is 0 Å². The molecule has 18 heavy (non-hydrogen) atoms. The molecule has 0 aromatic carbocycles. The third kappa shape index (κ3) is 3.22. The summed E-state index contributed by atoms with van der Waals surface area (Å²) in [6.07, 6.45) is 3.80. The van der Waals surface area contributed by atoms with E-state index in [0.717, 1.165) is 0 Å². The highest BCUT2D eigenvalue weighted by molar-refractivity contribution is 5.86. The predicted octanol–water partition coefficient (Wildman–Crippen LogP) is 0.0932. The Kier molecular flexibility index (Phi) is 4.25. The van der Waals surface area contributed by atoms with Gasteiger partial charge in [-0.3, -0.25) is 9.69 Å². The lowest BCUT2D eigenvalue weighted by atomic mass is 9.90. The Balaban J connectivity index is 1.76. The van der Waals surface area contributed by atoms with Crippen molar-refractivity contribution in [3.05, 3.63) is 0 Å². The molecule has 0 radical (unpaired) electrons. The highest BCUT2D eigenvalue weighted by atomic mass is 16.5. The number of rotatable bonds is 5. The lowest BCUT2D eigenvalue weighted by Crippen LogP contribution is -2.58. The Morgan fingerprint density at radius 1 is 1.50 bits per heavy atom. The van der Waals surface area contributed by atoms with Gasteiger partial charge in [-0.1, -0.05) is 0 Å². The minimum Gasteiger partial charge on any atom is -0.381 e. The summed E-state index contributed by atoms with van der Waals surface area (Å²) in [7, 11) is 2.13. The molecule has 1 saturated carbocycles. The van der Waals surface area contributed by atoms with E-state index in [4.69, 9.17) is 10.5 Å². The monoisotopic (exact) mass is 255 g/mol. The fourth-order valence-corrected chi connectivity index (χ4v) is 2.36. The van der Waals surface area contributed by atoms with E-state index in [2.05, 4.69) is 24.2 Å². The Morgan fingerprint density at radius 3 is 2.67 bits per heavy atom. The van der Waals surface area contributed by atoms with Gasteiger partial charge < -0.3 is 15.8 Å². The van der Waals surface area contributed by atoms with Gasteiger partial charge in [-0.15, -0.1) is 0 Å². The first-order chi connectivity index (χ1) is 8.53.